The summed E-state index contributed by atoms with van der Waals surface area (Å²) in [6, 6.07) is 0. The number of carboxylic acid groups (broad SMARTS) is 1. The summed E-state index contributed by atoms with van der Waals surface area (Å²) in [6.45, 7) is 7.27. The minimum atomic E-state index is -0.706. The van der Waals surface area contributed by atoms with Crippen LogP contribution >= 0.6 is 0 Å². The molecule has 4 rings (SSSR count). The summed E-state index contributed by atoms with van der Waals surface area (Å²) < 4.78 is 6.55. The fourth-order valence-electron chi connectivity index (χ4n) is 8.81. The highest BCUT2D eigenvalue weighted by Crippen LogP contribution is 2.70. The Morgan fingerprint density at radius 1 is 1.14 bits per heavy atom. The standard InChI is InChI=1S/C25H42O4/c1-16(7-8-21(27)28)25(29-4)15-17-14-18(26)9-13-24(17,3)20-10-12-23(2)11-5-6-19(23)22(20)25/h16-20,22,26H,5-15H2,1-4H3,(H,27,28)/t16-,17+,18-,19+,20+,22-,23-,24+,25-/m1/s1. The van der Waals surface area contributed by atoms with Crippen LogP contribution in [0.1, 0.15) is 91.4 Å². The molecule has 0 aromatic rings. The van der Waals surface area contributed by atoms with Crippen molar-refractivity contribution in [2.75, 3.05) is 7.11 Å². The van der Waals surface area contributed by atoms with E-state index >= 15 is 0 Å². The van der Waals surface area contributed by atoms with E-state index in [1.807, 2.05) is 7.11 Å². The van der Waals surface area contributed by atoms with Gasteiger partial charge >= 0.3 is 5.97 Å². The number of hydrogen-bond acceptors (Lipinski definition) is 3. The summed E-state index contributed by atoms with van der Waals surface area (Å²) in [7, 11) is 1.89. The monoisotopic (exact) mass is 406 g/mol. The topological polar surface area (TPSA) is 66.8 Å². The highest BCUT2D eigenvalue weighted by atomic mass is 16.5. The summed E-state index contributed by atoms with van der Waals surface area (Å²) in [5.41, 5.74) is 0.468. The molecular weight excluding hydrogens is 364 g/mol. The van der Waals surface area contributed by atoms with Gasteiger partial charge in [0.1, 0.15) is 0 Å². The number of aliphatic hydroxyl groups excluding tert-OH is 1. The largest absolute Gasteiger partial charge is 0.481 e. The molecular formula is C25H42O4. The molecule has 4 fully saturated rings. The Kier molecular flexibility index (Phi) is 5.60. The predicted octanol–water partition coefficient (Wildman–Crippen LogP) is 5.28. The number of carboxylic acids is 1. The molecule has 166 valence electrons. The van der Waals surface area contributed by atoms with Crippen molar-refractivity contribution in [3.05, 3.63) is 0 Å². The van der Waals surface area contributed by atoms with E-state index in [9.17, 15) is 15.0 Å². The smallest absolute Gasteiger partial charge is 0.303 e. The minimum absolute atomic E-state index is 0.186. The van der Waals surface area contributed by atoms with Crippen LogP contribution in [0.5, 0.6) is 0 Å². The zero-order valence-electron chi connectivity index (χ0n) is 19.0. The van der Waals surface area contributed by atoms with Crippen LogP contribution in [0.25, 0.3) is 0 Å². The zero-order chi connectivity index (χ0) is 21.0. The fourth-order valence-corrected chi connectivity index (χ4v) is 8.81. The lowest BCUT2D eigenvalue weighted by Gasteiger charge is -2.67. The first kappa shape index (κ1) is 21.6. The van der Waals surface area contributed by atoms with Crippen LogP contribution in [0.15, 0.2) is 0 Å². The van der Waals surface area contributed by atoms with E-state index < -0.39 is 5.97 Å². The van der Waals surface area contributed by atoms with E-state index in [1.165, 1.54) is 32.1 Å². The van der Waals surface area contributed by atoms with Crippen LogP contribution in [0.4, 0.5) is 0 Å². The van der Waals surface area contributed by atoms with Crippen molar-refractivity contribution in [1.29, 1.82) is 0 Å². The van der Waals surface area contributed by atoms with Gasteiger partial charge in [-0.2, -0.15) is 0 Å². The summed E-state index contributed by atoms with van der Waals surface area (Å²) in [5.74, 6) is 1.85. The quantitative estimate of drug-likeness (QED) is 0.652. The Bertz CT molecular complexity index is 634. The van der Waals surface area contributed by atoms with Gasteiger partial charge in [-0.05, 0) is 98.2 Å². The Balaban J connectivity index is 1.76. The van der Waals surface area contributed by atoms with Crippen molar-refractivity contribution in [1.82, 2.24) is 0 Å². The molecule has 0 aromatic heterocycles. The van der Waals surface area contributed by atoms with Crippen molar-refractivity contribution >= 4 is 5.97 Å². The maximum atomic E-state index is 11.3. The number of rotatable bonds is 5. The van der Waals surface area contributed by atoms with Gasteiger partial charge in [-0.25, -0.2) is 0 Å². The number of methoxy groups -OCH3 is 1. The van der Waals surface area contributed by atoms with Gasteiger partial charge in [0.25, 0.3) is 0 Å². The lowest BCUT2D eigenvalue weighted by atomic mass is 9.40. The molecule has 0 radical (unpaired) electrons. The third kappa shape index (κ3) is 3.28. The van der Waals surface area contributed by atoms with Crippen LogP contribution in [0, 0.1) is 40.4 Å². The van der Waals surface area contributed by atoms with Crippen molar-refractivity contribution in [3.8, 4) is 0 Å². The van der Waals surface area contributed by atoms with Gasteiger partial charge in [0, 0.05) is 13.5 Å². The Morgan fingerprint density at radius 2 is 1.90 bits per heavy atom. The van der Waals surface area contributed by atoms with Gasteiger partial charge in [0.2, 0.25) is 0 Å². The molecule has 4 nitrogen and oxygen atoms in total. The average Bonchev–Trinajstić information content (AvgIpc) is 3.07. The third-order valence-corrected chi connectivity index (χ3v) is 10.5. The summed E-state index contributed by atoms with van der Waals surface area (Å²) in [4.78, 5) is 11.3. The maximum Gasteiger partial charge on any atom is 0.303 e. The molecule has 4 aliphatic rings. The summed E-state index contributed by atoms with van der Waals surface area (Å²) in [6.07, 6.45) is 11.2. The molecule has 0 unspecified atom stereocenters. The van der Waals surface area contributed by atoms with Gasteiger partial charge in [0.15, 0.2) is 0 Å². The molecule has 4 heteroatoms. The van der Waals surface area contributed by atoms with E-state index in [4.69, 9.17) is 4.74 Å². The van der Waals surface area contributed by atoms with E-state index in [1.54, 1.807) is 0 Å². The lowest BCUT2D eigenvalue weighted by Crippen LogP contribution is -2.65. The maximum absolute atomic E-state index is 11.3. The molecule has 0 spiro atoms. The highest BCUT2D eigenvalue weighted by molar-refractivity contribution is 5.66. The average molecular weight is 407 g/mol. The second kappa shape index (κ2) is 7.51. The highest BCUT2D eigenvalue weighted by Gasteiger charge is 2.66. The van der Waals surface area contributed by atoms with Crippen LogP contribution in [0.3, 0.4) is 0 Å². The predicted molar refractivity (Wildman–Crippen MR) is 114 cm³/mol. The number of aliphatic hydroxyl groups is 1. The first-order chi connectivity index (χ1) is 13.7. The third-order valence-electron chi connectivity index (χ3n) is 10.5. The molecule has 4 saturated carbocycles. The number of carbonyl (C=O) groups is 1. The number of aliphatic carboxylic acids is 1. The SMILES string of the molecule is CO[C@@]1([C@H](C)CCC(=O)O)C[C@@H]2C[C@H](O)CC[C@]2(C)[C@H]2CC[C@@]3(C)CCC[C@H]3[C@H]21. The Hall–Kier alpha value is -0.610. The van der Waals surface area contributed by atoms with Crippen LogP contribution in [-0.4, -0.2) is 35.0 Å². The molecule has 2 N–H and O–H groups in total. The van der Waals surface area contributed by atoms with E-state index in [-0.39, 0.29) is 24.0 Å². The Labute approximate surface area is 176 Å². The van der Waals surface area contributed by atoms with Gasteiger partial charge < -0.3 is 14.9 Å². The molecule has 9 atom stereocenters. The summed E-state index contributed by atoms with van der Waals surface area (Å²) in [5, 5.41) is 19.8. The molecule has 0 amide bonds. The van der Waals surface area contributed by atoms with Gasteiger partial charge in [-0.3, -0.25) is 4.79 Å². The second-order valence-electron chi connectivity index (χ2n) is 11.7. The Morgan fingerprint density at radius 3 is 2.59 bits per heavy atom. The molecule has 0 saturated heterocycles. The molecule has 4 aliphatic carbocycles. The van der Waals surface area contributed by atoms with Crippen molar-refractivity contribution in [2.45, 2.75) is 103 Å². The first-order valence-corrected chi connectivity index (χ1v) is 12.1. The minimum Gasteiger partial charge on any atom is -0.481 e. The molecule has 0 aliphatic heterocycles. The number of fused-ring (bicyclic) bond motifs is 5. The van der Waals surface area contributed by atoms with Gasteiger partial charge in [0.05, 0.1) is 11.7 Å². The van der Waals surface area contributed by atoms with Gasteiger partial charge in [-0.15, -0.1) is 0 Å². The van der Waals surface area contributed by atoms with Crippen LogP contribution < -0.4 is 0 Å². The van der Waals surface area contributed by atoms with Crippen molar-refractivity contribution in [2.24, 2.45) is 40.4 Å². The van der Waals surface area contributed by atoms with Gasteiger partial charge in [-0.1, -0.05) is 27.2 Å². The molecule has 29 heavy (non-hydrogen) atoms. The zero-order valence-corrected chi connectivity index (χ0v) is 19.0. The molecule has 0 bridgehead atoms. The van der Waals surface area contributed by atoms with E-state index in [0.717, 1.165) is 25.7 Å². The van der Waals surface area contributed by atoms with E-state index in [2.05, 4.69) is 20.8 Å². The van der Waals surface area contributed by atoms with Crippen molar-refractivity contribution < 1.29 is 19.7 Å². The van der Waals surface area contributed by atoms with E-state index in [0.29, 0.717) is 40.9 Å². The summed E-state index contributed by atoms with van der Waals surface area (Å²) >= 11 is 0. The molecule has 0 heterocycles. The fraction of sp³-hybridized carbons (Fsp3) is 0.960. The normalized spacial score (nSPS) is 50.3. The van der Waals surface area contributed by atoms with Crippen LogP contribution in [0.2, 0.25) is 0 Å². The number of hydrogen-bond donors (Lipinski definition) is 2. The lowest BCUT2D eigenvalue weighted by molar-refractivity contribution is -0.244. The first-order valence-electron chi connectivity index (χ1n) is 12.1. The van der Waals surface area contributed by atoms with Crippen molar-refractivity contribution in [3.63, 3.8) is 0 Å². The van der Waals surface area contributed by atoms with Crippen LogP contribution in [-0.2, 0) is 9.53 Å². The molecule has 0 aromatic carbocycles. The number of ether oxygens (including phenoxy) is 1. The second-order valence-corrected chi connectivity index (χ2v) is 11.7.